The van der Waals surface area contributed by atoms with Crippen molar-refractivity contribution in [3.8, 4) is 17.5 Å². The number of thioether (sulfide) groups is 1. The molecule has 2 aromatic carbocycles. The molecule has 0 unspecified atom stereocenters. The standard InChI is InChI=1S/C21H22N6OS/c1-15-9-11-17(12-10-15)19-24-25-21(27(19)23)29-16(2)20(28)26(14-6-13-22)18-7-4-3-5-8-18/h3-5,7-12,16H,6,14,23H2,1-2H3/t16-/m0/s1. The first-order valence-corrected chi connectivity index (χ1v) is 10.1. The fourth-order valence-electron chi connectivity index (χ4n) is 2.82. The van der Waals surface area contributed by atoms with Crippen molar-refractivity contribution in [3.05, 3.63) is 60.2 Å². The van der Waals surface area contributed by atoms with E-state index in [9.17, 15) is 4.79 Å². The molecule has 1 heterocycles. The Kier molecular flexibility index (Phi) is 6.52. The smallest absolute Gasteiger partial charge is 0.240 e. The highest BCUT2D eigenvalue weighted by Crippen LogP contribution is 2.27. The Morgan fingerprint density at radius 1 is 1.21 bits per heavy atom. The van der Waals surface area contributed by atoms with Gasteiger partial charge in [0.05, 0.1) is 17.7 Å². The van der Waals surface area contributed by atoms with Gasteiger partial charge in [-0.15, -0.1) is 10.2 Å². The number of carbonyl (C=O) groups is 1. The Labute approximate surface area is 174 Å². The first-order chi connectivity index (χ1) is 14.0. The van der Waals surface area contributed by atoms with E-state index in [4.69, 9.17) is 11.1 Å². The molecule has 148 valence electrons. The van der Waals surface area contributed by atoms with Crippen LogP contribution in [-0.2, 0) is 4.79 Å². The molecule has 0 aliphatic rings. The lowest BCUT2D eigenvalue weighted by atomic mass is 10.1. The van der Waals surface area contributed by atoms with Crippen LogP contribution in [0.15, 0.2) is 59.8 Å². The molecular formula is C21H22N6OS. The minimum absolute atomic E-state index is 0.115. The molecule has 0 spiro atoms. The van der Waals surface area contributed by atoms with Gasteiger partial charge in [0.1, 0.15) is 0 Å². The van der Waals surface area contributed by atoms with Crippen molar-refractivity contribution in [2.75, 3.05) is 17.3 Å². The monoisotopic (exact) mass is 406 g/mol. The van der Waals surface area contributed by atoms with E-state index in [2.05, 4.69) is 16.3 Å². The second kappa shape index (κ2) is 9.26. The maximum atomic E-state index is 13.1. The van der Waals surface area contributed by atoms with Crippen LogP contribution in [0.2, 0.25) is 0 Å². The second-order valence-electron chi connectivity index (χ2n) is 6.54. The first-order valence-electron chi connectivity index (χ1n) is 9.19. The number of aromatic nitrogens is 3. The van der Waals surface area contributed by atoms with Gasteiger partial charge in [0, 0.05) is 17.8 Å². The Bertz CT molecular complexity index is 1010. The lowest BCUT2D eigenvalue weighted by Gasteiger charge is -2.24. The van der Waals surface area contributed by atoms with E-state index in [0.29, 0.717) is 17.5 Å². The van der Waals surface area contributed by atoms with Crippen LogP contribution in [0.5, 0.6) is 0 Å². The number of hydrogen-bond acceptors (Lipinski definition) is 6. The number of carbonyl (C=O) groups excluding carboxylic acids is 1. The highest BCUT2D eigenvalue weighted by molar-refractivity contribution is 8.00. The number of hydrogen-bond donors (Lipinski definition) is 1. The van der Waals surface area contributed by atoms with E-state index < -0.39 is 5.25 Å². The lowest BCUT2D eigenvalue weighted by molar-refractivity contribution is -0.117. The van der Waals surface area contributed by atoms with Gasteiger partial charge in [-0.25, -0.2) is 4.68 Å². The number of rotatable bonds is 7. The van der Waals surface area contributed by atoms with E-state index in [0.717, 1.165) is 16.8 Å². The first kappa shape index (κ1) is 20.4. The average molecular weight is 407 g/mol. The van der Waals surface area contributed by atoms with E-state index in [-0.39, 0.29) is 12.3 Å². The van der Waals surface area contributed by atoms with Gasteiger partial charge >= 0.3 is 0 Å². The summed E-state index contributed by atoms with van der Waals surface area (Å²) in [5.74, 6) is 6.62. The molecule has 1 amide bonds. The van der Waals surface area contributed by atoms with E-state index in [1.807, 2.05) is 61.5 Å². The zero-order valence-electron chi connectivity index (χ0n) is 16.3. The average Bonchev–Trinajstić information content (AvgIpc) is 3.09. The van der Waals surface area contributed by atoms with Crippen molar-refractivity contribution in [3.63, 3.8) is 0 Å². The third-order valence-electron chi connectivity index (χ3n) is 4.39. The number of nitrogens with two attached hydrogens (primary N) is 1. The second-order valence-corrected chi connectivity index (χ2v) is 7.84. The van der Waals surface area contributed by atoms with Crippen LogP contribution < -0.4 is 10.7 Å². The normalized spacial score (nSPS) is 11.6. The lowest BCUT2D eigenvalue weighted by Crippen LogP contribution is -2.37. The van der Waals surface area contributed by atoms with Crippen molar-refractivity contribution < 1.29 is 4.79 Å². The van der Waals surface area contributed by atoms with Gasteiger partial charge in [0.25, 0.3) is 0 Å². The molecule has 7 nitrogen and oxygen atoms in total. The van der Waals surface area contributed by atoms with E-state index in [1.165, 1.54) is 16.4 Å². The van der Waals surface area contributed by atoms with Gasteiger partial charge in [-0.2, -0.15) is 5.26 Å². The molecule has 29 heavy (non-hydrogen) atoms. The SMILES string of the molecule is Cc1ccc(-c2nnc(S[C@@H](C)C(=O)N(CCC#N)c3ccccc3)n2N)cc1. The topological polar surface area (TPSA) is 101 Å². The van der Waals surface area contributed by atoms with Gasteiger partial charge in [-0.05, 0) is 26.0 Å². The number of nitrogens with zero attached hydrogens (tertiary/aromatic N) is 5. The Balaban J connectivity index is 1.78. The highest BCUT2D eigenvalue weighted by atomic mass is 32.2. The van der Waals surface area contributed by atoms with Gasteiger partial charge in [0.15, 0.2) is 5.82 Å². The van der Waals surface area contributed by atoms with Crippen LogP contribution in [0, 0.1) is 18.3 Å². The molecule has 0 aliphatic carbocycles. The van der Waals surface area contributed by atoms with Crippen molar-refractivity contribution >= 4 is 23.4 Å². The molecule has 0 saturated heterocycles. The number of aryl methyl sites for hydroxylation is 1. The Morgan fingerprint density at radius 3 is 2.55 bits per heavy atom. The predicted molar refractivity (Wildman–Crippen MR) is 115 cm³/mol. The summed E-state index contributed by atoms with van der Waals surface area (Å²) in [7, 11) is 0. The van der Waals surface area contributed by atoms with Crippen LogP contribution in [-0.4, -0.2) is 32.6 Å². The zero-order valence-corrected chi connectivity index (χ0v) is 17.1. The van der Waals surface area contributed by atoms with Crippen LogP contribution in [0.4, 0.5) is 5.69 Å². The minimum atomic E-state index is -0.453. The number of benzene rings is 2. The molecule has 2 N–H and O–H groups in total. The predicted octanol–water partition coefficient (Wildman–Crippen LogP) is 3.39. The van der Waals surface area contributed by atoms with Gasteiger partial charge in [-0.1, -0.05) is 59.8 Å². The van der Waals surface area contributed by atoms with Crippen LogP contribution in [0.3, 0.4) is 0 Å². The molecular weight excluding hydrogens is 384 g/mol. The zero-order chi connectivity index (χ0) is 20.8. The largest absolute Gasteiger partial charge is 0.335 e. The van der Waals surface area contributed by atoms with Crippen molar-refractivity contribution in [2.24, 2.45) is 0 Å². The molecule has 3 rings (SSSR count). The van der Waals surface area contributed by atoms with Crippen LogP contribution in [0.1, 0.15) is 18.9 Å². The summed E-state index contributed by atoms with van der Waals surface area (Å²) < 4.78 is 1.40. The maximum absolute atomic E-state index is 13.1. The van der Waals surface area contributed by atoms with Crippen LogP contribution in [0.25, 0.3) is 11.4 Å². The van der Waals surface area contributed by atoms with Gasteiger partial charge in [-0.3, -0.25) is 4.79 Å². The van der Waals surface area contributed by atoms with E-state index >= 15 is 0 Å². The third kappa shape index (κ3) is 4.76. The summed E-state index contributed by atoms with van der Waals surface area (Å²) >= 11 is 1.24. The summed E-state index contributed by atoms with van der Waals surface area (Å²) in [6, 6.07) is 19.3. The summed E-state index contributed by atoms with van der Waals surface area (Å²) in [5.41, 5.74) is 2.76. The summed E-state index contributed by atoms with van der Waals surface area (Å²) in [6.07, 6.45) is 0.253. The third-order valence-corrected chi connectivity index (χ3v) is 5.43. The summed E-state index contributed by atoms with van der Waals surface area (Å²) in [6.45, 7) is 4.14. The van der Waals surface area contributed by atoms with Crippen molar-refractivity contribution in [1.82, 2.24) is 14.9 Å². The minimum Gasteiger partial charge on any atom is -0.335 e. The molecule has 1 atom stereocenters. The number of amides is 1. The fraction of sp³-hybridized carbons (Fsp3) is 0.238. The molecule has 0 radical (unpaired) electrons. The fourth-order valence-corrected chi connectivity index (χ4v) is 3.65. The van der Waals surface area contributed by atoms with Gasteiger partial charge in [0.2, 0.25) is 11.1 Å². The van der Waals surface area contributed by atoms with Gasteiger partial charge < -0.3 is 10.7 Å². The summed E-state index contributed by atoms with van der Waals surface area (Å²) in [5, 5.41) is 17.3. The molecule has 0 bridgehead atoms. The Hall–Kier alpha value is -3.31. The highest BCUT2D eigenvalue weighted by Gasteiger charge is 2.25. The molecule has 0 aliphatic heterocycles. The number of nitrogen functional groups attached to an aromatic ring is 1. The molecule has 0 saturated carbocycles. The number of para-hydroxylation sites is 1. The van der Waals surface area contributed by atoms with E-state index in [1.54, 1.807) is 11.8 Å². The molecule has 1 aromatic heterocycles. The van der Waals surface area contributed by atoms with Crippen LogP contribution >= 0.6 is 11.8 Å². The number of nitriles is 1. The molecule has 8 heteroatoms. The molecule has 0 fully saturated rings. The summed E-state index contributed by atoms with van der Waals surface area (Å²) in [4.78, 5) is 14.7. The maximum Gasteiger partial charge on any atom is 0.240 e. The van der Waals surface area contributed by atoms with Crippen molar-refractivity contribution in [2.45, 2.75) is 30.7 Å². The van der Waals surface area contributed by atoms with Crippen molar-refractivity contribution in [1.29, 1.82) is 5.26 Å². The quantitative estimate of drug-likeness (QED) is 0.477. The Morgan fingerprint density at radius 2 is 1.90 bits per heavy atom. The number of anilines is 1. The molecule has 3 aromatic rings.